The molecule has 1 aliphatic rings. The standard InChI is InChI=1S/C22H30N2O2/c1-23(2)17-21-14-19-15-24(13-12-22(19)26-21)16-20(25)11-7-6-10-18-8-4-3-5-9-18/h3-5,8-9,14H,6-7,10-13,15-17H2,1-2H3. The molecular formula is C22H30N2O2. The van der Waals surface area contributed by atoms with Gasteiger partial charge in [0.15, 0.2) is 0 Å². The second-order valence-corrected chi connectivity index (χ2v) is 7.59. The fourth-order valence-corrected chi connectivity index (χ4v) is 3.60. The first-order valence-corrected chi connectivity index (χ1v) is 9.63. The van der Waals surface area contributed by atoms with Crippen LogP contribution in [0, 0.1) is 0 Å². The van der Waals surface area contributed by atoms with Gasteiger partial charge in [-0.25, -0.2) is 0 Å². The number of hydrogen-bond acceptors (Lipinski definition) is 4. The SMILES string of the molecule is CN(C)Cc1cc2c(o1)CCN(CC(=O)CCCCc1ccccc1)C2. The van der Waals surface area contributed by atoms with Crippen molar-refractivity contribution in [2.24, 2.45) is 0 Å². The topological polar surface area (TPSA) is 36.7 Å². The number of Topliss-reactive ketones (excluding diaryl/α,β-unsaturated/α-hetero) is 1. The summed E-state index contributed by atoms with van der Waals surface area (Å²) in [7, 11) is 4.09. The number of fused-ring (bicyclic) bond motifs is 1. The van der Waals surface area contributed by atoms with Gasteiger partial charge >= 0.3 is 0 Å². The van der Waals surface area contributed by atoms with Crippen molar-refractivity contribution >= 4 is 5.78 Å². The van der Waals surface area contributed by atoms with Gasteiger partial charge in [0.25, 0.3) is 0 Å². The van der Waals surface area contributed by atoms with Crippen molar-refractivity contribution in [2.45, 2.75) is 45.2 Å². The molecule has 2 heterocycles. The van der Waals surface area contributed by atoms with Crippen molar-refractivity contribution in [3.8, 4) is 0 Å². The number of nitrogens with zero attached hydrogens (tertiary/aromatic N) is 2. The molecule has 1 aromatic heterocycles. The summed E-state index contributed by atoms with van der Waals surface area (Å²) < 4.78 is 5.94. The van der Waals surface area contributed by atoms with Gasteiger partial charge in [0, 0.05) is 31.5 Å². The Morgan fingerprint density at radius 1 is 1.19 bits per heavy atom. The van der Waals surface area contributed by atoms with E-state index in [9.17, 15) is 4.79 Å². The Labute approximate surface area is 156 Å². The maximum Gasteiger partial charge on any atom is 0.146 e. The van der Waals surface area contributed by atoms with Crippen molar-refractivity contribution in [3.63, 3.8) is 0 Å². The fourth-order valence-electron chi connectivity index (χ4n) is 3.60. The molecule has 0 saturated heterocycles. The van der Waals surface area contributed by atoms with Crippen LogP contribution < -0.4 is 0 Å². The lowest BCUT2D eigenvalue weighted by molar-refractivity contribution is -0.120. The molecule has 0 amide bonds. The number of benzene rings is 1. The molecule has 0 saturated carbocycles. The quantitative estimate of drug-likeness (QED) is 0.644. The van der Waals surface area contributed by atoms with E-state index in [1.165, 1.54) is 11.1 Å². The van der Waals surface area contributed by atoms with E-state index >= 15 is 0 Å². The molecular weight excluding hydrogens is 324 g/mol. The molecule has 26 heavy (non-hydrogen) atoms. The zero-order chi connectivity index (χ0) is 18.4. The predicted molar refractivity (Wildman–Crippen MR) is 104 cm³/mol. The number of furan rings is 1. The Kier molecular flexibility index (Phi) is 6.64. The number of hydrogen-bond donors (Lipinski definition) is 0. The van der Waals surface area contributed by atoms with E-state index in [4.69, 9.17) is 4.42 Å². The molecule has 0 bridgehead atoms. The smallest absolute Gasteiger partial charge is 0.146 e. The average molecular weight is 354 g/mol. The van der Waals surface area contributed by atoms with Gasteiger partial charge in [0.1, 0.15) is 17.3 Å². The van der Waals surface area contributed by atoms with Crippen LogP contribution in [0.2, 0.25) is 0 Å². The van der Waals surface area contributed by atoms with Crippen molar-refractivity contribution < 1.29 is 9.21 Å². The number of carbonyl (C=O) groups excluding carboxylic acids is 1. The molecule has 140 valence electrons. The second-order valence-electron chi connectivity index (χ2n) is 7.59. The van der Waals surface area contributed by atoms with E-state index in [2.05, 4.69) is 40.1 Å². The van der Waals surface area contributed by atoms with Crippen LogP contribution in [0.25, 0.3) is 0 Å². The van der Waals surface area contributed by atoms with E-state index in [0.717, 1.165) is 56.8 Å². The van der Waals surface area contributed by atoms with Gasteiger partial charge < -0.3 is 9.32 Å². The van der Waals surface area contributed by atoms with E-state index in [0.29, 0.717) is 18.7 Å². The van der Waals surface area contributed by atoms with Crippen LogP contribution in [0.4, 0.5) is 0 Å². The lowest BCUT2D eigenvalue weighted by Gasteiger charge is -2.25. The third-order valence-electron chi connectivity index (χ3n) is 4.88. The average Bonchev–Trinajstić information content (AvgIpc) is 3.00. The van der Waals surface area contributed by atoms with Gasteiger partial charge in [-0.05, 0) is 45.0 Å². The summed E-state index contributed by atoms with van der Waals surface area (Å²) in [5.74, 6) is 2.49. The van der Waals surface area contributed by atoms with Gasteiger partial charge in [-0.3, -0.25) is 9.69 Å². The van der Waals surface area contributed by atoms with Gasteiger partial charge in [-0.1, -0.05) is 30.3 Å². The van der Waals surface area contributed by atoms with Gasteiger partial charge in [-0.2, -0.15) is 0 Å². The number of rotatable bonds is 9. The minimum Gasteiger partial charge on any atom is -0.464 e. The minimum atomic E-state index is 0.360. The fraction of sp³-hybridized carbons (Fsp3) is 0.500. The summed E-state index contributed by atoms with van der Waals surface area (Å²) in [6.45, 7) is 3.14. The molecule has 2 aromatic rings. The van der Waals surface area contributed by atoms with E-state index in [1.54, 1.807) is 0 Å². The van der Waals surface area contributed by atoms with Crippen LogP contribution in [-0.2, 0) is 30.7 Å². The van der Waals surface area contributed by atoms with E-state index in [1.807, 2.05) is 20.2 Å². The molecule has 1 aromatic carbocycles. The van der Waals surface area contributed by atoms with Gasteiger partial charge in [0.05, 0.1) is 13.1 Å². The van der Waals surface area contributed by atoms with Crippen molar-refractivity contribution in [1.82, 2.24) is 9.80 Å². The normalized spacial score (nSPS) is 14.6. The van der Waals surface area contributed by atoms with Crippen LogP contribution >= 0.6 is 0 Å². The molecule has 3 rings (SSSR count). The molecule has 4 nitrogen and oxygen atoms in total. The first-order chi connectivity index (χ1) is 12.6. The van der Waals surface area contributed by atoms with Crippen LogP contribution in [0.1, 0.15) is 41.9 Å². The summed E-state index contributed by atoms with van der Waals surface area (Å²) in [5, 5.41) is 0. The van der Waals surface area contributed by atoms with Crippen LogP contribution in [0.5, 0.6) is 0 Å². The number of ketones is 1. The molecule has 0 unspecified atom stereocenters. The Hall–Kier alpha value is -1.91. The third-order valence-corrected chi connectivity index (χ3v) is 4.88. The van der Waals surface area contributed by atoms with Gasteiger partial charge in [-0.15, -0.1) is 0 Å². The molecule has 1 aliphatic heterocycles. The molecule has 0 fully saturated rings. The summed E-state index contributed by atoms with van der Waals surface area (Å²) in [6.07, 6.45) is 4.71. The minimum absolute atomic E-state index is 0.360. The van der Waals surface area contributed by atoms with Crippen molar-refractivity contribution in [1.29, 1.82) is 0 Å². The summed E-state index contributed by atoms with van der Waals surface area (Å²) in [5.41, 5.74) is 2.61. The molecule has 0 spiro atoms. The van der Waals surface area contributed by atoms with Gasteiger partial charge in [0.2, 0.25) is 0 Å². The first kappa shape index (κ1) is 18.9. The number of carbonyl (C=O) groups is 1. The van der Waals surface area contributed by atoms with E-state index in [-0.39, 0.29) is 0 Å². The first-order valence-electron chi connectivity index (χ1n) is 9.63. The molecule has 0 atom stereocenters. The highest BCUT2D eigenvalue weighted by Crippen LogP contribution is 2.23. The molecule has 0 aliphatic carbocycles. The molecule has 0 N–H and O–H groups in total. The second kappa shape index (κ2) is 9.15. The lowest BCUT2D eigenvalue weighted by Crippen LogP contribution is -2.34. The predicted octanol–water partition coefficient (Wildman–Crippen LogP) is 3.68. The maximum atomic E-state index is 12.3. The molecule has 0 radical (unpaired) electrons. The Morgan fingerprint density at radius 3 is 2.77 bits per heavy atom. The van der Waals surface area contributed by atoms with E-state index < -0.39 is 0 Å². The van der Waals surface area contributed by atoms with Crippen LogP contribution in [-0.4, -0.2) is 42.8 Å². The third kappa shape index (κ3) is 5.55. The maximum absolute atomic E-state index is 12.3. The summed E-state index contributed by atoms with van der Waals surface area (Å²) in [4.78, 5) is 16.7. The Balaban J connectivity index is 1.39. The van der Waals surface area contributed by atoms with Crippen molar-refractivity contribution in [2.75, 3.05) is 27.2 Å². The zero-order valence-corrected chi connectivity index (χ0v) is 16.0. The summed E-state index contributed by atoms with van der Waals surface area (Å²) >= 11 is 0. The monoisotopic (exact) mass is 354 g/mol. The highest BCUT2D eigenvalue weighted by Gasteiger charge is 2.22. The zero-order valence-electron chi connectivity index (χ0n) is 16.0. The van der Waals surface area contributed by atoms with Crippen LogP contribution in [0.3, 0.4) is 0 Å². The summed E-state index contributed by atoms with van der Waals surface area (Å²) in [6, 6.07) is 12.7. The lowest BCUT2D eigenvalue weighted by atomic mass is 10.0. The highest BCUT2D eigenvalue weighted by molar-refractivity contribution is 5.80. The van der Waals surface area contributed by atoms with Crippen LogP contribution in [0.15, 0.2) is 40.8 Å². The molecule has 4 heteroatoms. The Bertz CT molecular complexity index is 706. The highest BCUT2D eigenvalue weighted by atomic mass is 16.3. The number of aryl methyl sites for hydroxylation is 1. The Morgan fingerprint density at radius 2 is 2.00 bits per heavy atom. The largest absolute Gasteiger partial charge is 0.464 e. The number of unbranched alkanes of at least 4 members (excludes halogenated alkanes) is 1. The van der Waals surface area contributed by atoms with Crippen molar-refractivity contribution in [3.05, 3.63) is 59.0 Å².